The molecular weight excluding hydrogens is 154 g/mol. The van der Waals surface area contributed by atoms with E-state index < -0.39 is 0 Å². The zero-order valence-corrected chi connectivity index (χ0v) is 7.59. The third-order valence-electron chi connectivity index (χ3n) is 2.11. The Bertz CT molecular complexity index is 274. The zero-order valence-electron chi connectivity index (χ0n) is 7.59. The smallest absolute Gasteiger partial charge is 0.416 e. The largest absolute Gasteiger partial charge is 0.416 e. The van der Waals surface area contributed by atoms with Crippen LogP contribution in [0.2, 0.25) is 0 Å². The summed E-state index contributed by atoms with van der Waals surface area (Å²) >= 11 is 0. The molecule has 0 bridgehead atoms. The average Bonchev–Trinajstić information content (AvgIpc) is 2.47. The molecule has 0 radical (unpaired) electrons. The van der Waals surface area contributed by atoms with Crippen LogP contribution < -0.4 is 5.76 Å². The molecule has 0 fully saturated rings. The second-order valence-electron chi connectivity index (χ2n) is 3.00. The molecule has 68 valence electrons. The van der Waals surface area contributed by atoms with Crippen LogP contribution in [-0.4, -0.2) is 4.98 Å². The molecule has 0 saturated carbocycles. The number of aromatic amines is 1. The summed E-state index contributed by atoms with van der Waals surface area (Å²) in [7, 11) is 0. The van der Waals surface area contributed by atoms with Gasteiger partial charge >= 0.3 is 5.76 Å². The van der Waals surface area contributed by atoms with Gasteiger partial charge in [-0.05, 0) is 12.8 Å². The number of aromatic nitrogens is 1. The summed E-state index contributed by atoms with van der Waals surface area (Å²) in [5.41, 5.74) is 0.935. The summed E-state index contributed by atoms with van der Waals surface area (Å²) in [4.78, 5) is 13.4. The van der Waals surface area contributed by atoms with Crippen LogP contribution in [0.1, 0.15) is 44.7 Å². The molecular formula is C9H15NO2. The van der Waals surface area contributed by atoms with Crippen molar-refractivity contribution in [2.45, 2.75) is 39.0 Å². The van der Waals surface area contributed by atoms with Crippen LogP contribution in [-0.2, 0) is 0 Å². The quantitative estimate of drug-likeness (QED) is 0.751. The molecule has 0 spiro atoms. The van der Waals surface area contributed by atoms with Crippen molar-refractivity contribution in [3.63, 3.8) is 0 Å². The molecule has 1 unspecified atom stereocenters. The Morgan fingerprint density at radius 1 is 1.58 bits per heavy atom. The fraction of sp³-hybridized carbons (Fsp3) is 0.667. The SMILES string of the molecule is CCCC(CC)c1coc(=O)[nH]1. The van der Waals surface area contributed by atoms with Crippen molar-refractivity contribution in [3.8, 4) is 0 Å². The van der Waals surface area contributed by atoms with Crippen molar-refractivity contribution in [2.75, 3.05) is 0 Å². The Labute approximate surface area is 71.8 Å². The zero-order chi connectivity index (χ0) is 8.97. The van der Waals surface area contributed by atoms with Gasteiger partial charge in [-0.1, -0.05) is 20.3 Å². The Hall–Kier alpha value is -0.990. The lowest BCUT2D eigenvalue weighted by molar-refractivity contribution is 0.511. The molecule has 1 N–H and O–H groups in total. The van der Waals surface area contributed by atoms with Crippen molar-refractivity contribution in [3.05, 3.63) is 22.5 Å². The standard InChI is InChI=1S/C9H15NO2/c1-3-5-7(4-2)8-6-12-9(11)10-8/h6-7H,3-5H2,1-2H3,(H,10,11). The van der Waals surface area contributed by atoms with E-state index in [-0.39, 0.29) is 5.76 Å². The molecule has 1 atom stereocenters. The fourth-order valence-corrected chi connectivity index (χ4v) is 1.42. The fourth-order valence-electron chi connectivity index (χ4n) is 1.42. The summed E-state index contributed by atoms with van der Waals surface area (Å²) in [6.45, 7) is 4.26. The Morgan fingerprint density at radius 2 is 2.33 bits per heavy atom. The van der Waals surface area contributed by atoms with E-state index in [4.69, 9.17) is 0 Å². The number of nitrogens with one attached hydrogen (secondary N) is 1. The summed E-state index contributed by atoms with van der Waals surface area (Å²) in [6.07, 6.45) is 4.81. The van der Waals surface area contributed by atoms with Gasteiger partial charge in [-0.25, -0.2) is 4.79 Å². The molecule has 3 nitrogen and oxygen atoms in total. The van der Waals surface area contributed by atoms with Gasteiger partial charge in [-0.3, -0.25) is 4.98 Å². The van der Waals surface area contributed by atoms with Crippen LogP contribution in [0.25, 0.3) is 0 Å². The van der Waals surface area contributed by atoms with E-state index in [2.05, 4.69) is 23.2 Å². The minimum absolute atomic E-state index is 0.348. The van der Waals surface area contributed by atoms with E-state index in [1.54, 1.807) is 0 Å². The first-order chi connectivity index (χ1) is 5.77. The number of hydrogen-bond donors (Lipinski definition) is 1. The monoisotopic (exact) mass is 169 g/mol. The maximum atomic E-state index is 10.7. The summed E-state index contributed by atoms with van der Waals surface area (Å²) < 4.78 is 4.68. The molecule has 1 rings (SSSR count). The molecule has 3 heteroatoms. The van der Waals surface area contributed by atoms with E-state index in [0.29, 0.717) is 5.92 Å². The Morgan fingerprint density at radius 3 is 2.75 bits per heavy atom. The predicted octanol–water partition coefficient (Wildman–Crippen LogP) is 2.26. The molecule has 0 aliphatic carbocycles. The molecule has 0 aromatic carbocycles. The average molecular weight is 169 g/mol. The highest BCUT2D eigenvalue weighted by Gasteiger charge is 2.10. The van der Waals surface area contributed by atoms with Crippen LogP contribution in [0.15, 0.2) is 15.5 Å². The molecule has 1 aromatic heterocycles. The highest BCUT2D eigenvalue weighted by atomic mass is 16.4. The van der Waals surface area contributed by atoms with Crippen LogP contribution in [0.3, 0.4) is 0 Å². The van der Waals surface area contributed by atoms with E-state index in [1.807, 2.05) is 0 Å². The maximum Gasteiger partial charge on any atom is 0.416 e. The molecule has 1 heterocycles. The predicted molar refractivity (Wildman–Crippen MR) is 47.3 cm³/mol. The molecule has 12 heavy (non-hydrogen) atoms. The van der Waals surface area contributed by atoms with E-state index in [1.165, 1.54) is 6.26 Å². The third kappa shape index (κ3) is 2.00. The molecule has 0 aliphatic heterocycles. The van der Waals surface area contributed by atoms with Crippen molar-refractivity contribution in [1.82, 2.24) is 4.98 Å². The van der Waals surface area contributed by atoms with Gasteiger partial charge in [0.15, 0.2) is 0 Å². The molecule has 1 aromatic rings. The van der Waals surface area contributed by atoms with Crippen LogP contribution in [0.5, 0.6) is 0 Å². The van der Waals surface area contributed by atoms with Gasteiger partial charge in [0.1, 0.15) is 6.26 Å². The van der Waals surface area contributed by atoms with E-state index in [0.717, 1.165) is 25.0 Å². The minimum Gasteiger partial charge on any atom is -0.416 e. The summed E-state index contributed by atoms with van der Waals surface area (Å²) in [6, 6.07) is 0. The van der Waals surface area contributed by atoms with E-state index in [9.17, 15) is 4.79 Å². The van der Waals surface area contributed by atoms with Crippen LogP contribution >= 0.6 is 0 Å². The Balaban J connectivity index is 2.72. The highest BCUT2D eigenvalue weighted by Crippen LogP contribution is 2.21. The molecule has 0 amide bonds. The Kier molecular flexibility index (Phi) is 3.14. The lowest BCUT2D eigenvalue weighted by Crippen LogP contribution is -2.02. The minimum atomic E-state index is -0.348. The first kappa shape index (κ1) is 9.10. The van der Waals surface area contributed by atoms with Crippen molar-refractivity contribution >= 4 is 0 Å². The summed E-state index contributed by atoms with van der Waals surface area (Å²) in [5, 5.41) is 0. The van der Waals surface area contributed by atoms with Gasteiger partial charge in [0.05, 0.1) is 5.69 Å². The normalized spacial score (nSPS) is 13.2. The highest BCUT2D eigenvalue weighted by molar-refractivity contribution is 5.00. The first-order valence-electron chi connectivity index (χ1n) is 4.45. The molecule has 0 aliphatic rings. The second-order valence-corrected chi connectivity index (χ2v) is 3.00. The summed E-state index contributed by atoms with van der Waals surface area (Å²) in [5.74, 6) is 0.0982. The van der Waals surface area contributed by atoms with Gasteiger partial charge in [0.25, 0.3) is 0 Å². The van der Waals surface area contributed by atoms with Gasteiger partial charge < -0.3 is 4.42 Å². The topological polar surface area (TPSA) is 46.0 Å². The van der Waals surface area contributed by atoms with Crippen LogP contribution in [0, 0.1) is 0 Å². The number of rotatable bonds is 4. The van der Waals surface area contributed by atoms with E-state index >= 15 is 0 Å². The van der Waals surface area contributed by atoms with Gasteiger partial charge in [0, 0.05) is 5.92 Å². The maximum absolute atomic E-state index is 10.7. The van der Waals surface area contributed by atoms with Crippen LogP contribution in [0.4, 0.5) is 0 Å². The second kappa shape index (κ2) is 4.14. The number of hydrogen-bond acceptors (Lipinski definition) is 2. The third-order valence-corrected chi connectivity index (χ3v) is 2.11. The van der Waals surface area contributed by atoms with Gasteiger partial charge in [-0.2, -0.15) is 0 Å². The van der Waals surface area contributed by atoms with Crippen molar-refractivity contribution < 1.29 is 4.42 Å². The number of oxazole rings is 1. The lowest BCUT2D eigenvalue weighted by atomic mass is 9.98. The number of H-pyrrole nitrogens is 1. The van der Waals surface area contributed by atoms with Gasteiger partial charge in [-0.15, -0.1) is 0 Å². The van der Waals surface area contributed by atoms with Crippen molar-refractivity contribution in [2.24, 2.45) is 0 Å². The molecule has 0 saturated heterocycles. The first-order valence-corrected chi connectivity index (χ1v) is 4.45. The lowest BCUT2D eigenvalue weighted by Gasteiger charge is -2.09. The van der Waals surface area contributed by atoms with Gasteiger partial charge in [0.2, 0.25) is 0 Å². The van der Waals surface area contributed by atoms with Crippen molar-refractivity contribution in [1.29, 1.82) is 0 Å².